The van der Waals surface area contributed by atoms with Crippen LogP contribution in [0.4, 0.5) is 0 Å². The first-order valence-corrected chi connectivity index (χ1v) is 8.84. The third-order valence-corrected chi connectivity index (χ3v) is 5.24. The van der Waals surface area contributed by atoms with Crippen LogP contribution in [0.1, 0.15) is 59.8 Å². The van der Waals surface area contributed by atoms with Crippen molar-refractivity contribution in [2.45, 2.75) is 77.5 Å². The molecule has 0 unspecified atom stereocenters. The summed E-state index contributed by atoms with van der Waals surface area (Å²) in [6.45, 7) is 10.3. The number of fused-ring (bicyclic) bond motifs is 1. The monoisotopic (exact) mass is 307 g/mol. The lowest BCUT2D eigenvalue weighted by molar-refractivity contribution is -0.0330. The van der Waals surface area contributed by atoms with Crippen LogP contribution in [-0.2, 0) is 0 Å². The summed E-state index contributed by atoms with van der Waals surface area (Å²) in [4.78, 5) is 2.43. The van der Waals surface area contributed by atoms with Gasteiger partial charge >= 0.3 is 0 Å². The summed E-state index contributed by atoms with van der Waals surface area (Å²) in [5.41, 5.74) is 1.81. The summed E-state index contributed by atoms with van der Waals surface area (Å²) >= 11 is 0. The van der Waals surface area contributed by atoms with Gasteiger partial charge in [-0.3, -0.25) is 4.90 Å². The minimum absolute atomic E-state index is 0.333. The molecule has 2 saturated heterocycles. The summed E-state index contributed by atoms with van der Waals surface area (Å²) in [6.07, 6.45) is 8.86. The van der Waals surface area contributed by atoms with E-state index in [0.717, 1.165) is 44.3 Å². The number of hydrogen-bond acceptors (Lipinski definition) is 3. The Labute approximate surface area is 135 Å². The Balaban J connectivity index is 1.98. The van der Waals surface area contributed by atoms with Gasteiger partial charge in [-0.2, -0.15) is 0 Å². The molecular formula is C19H33NO2. The second kappa shape index (κ2) is 7.29. The number of nitrogens with zero attached hydrogens (tertiary/aromatic N) is 1. The number of aliphatic hydroxyl groups is 2. The highest BCUT2D eigenvalue weighted by Gasteiger charge is 2.43. The van der Waals surface area contributed by atoms with E-state index in [-0.39, 0.29) is 6.10 Å². The van der Waals surface area contributed by atoms with Gasteiger partial charge in [-0.1, -0.05) is 31.6 Å². The molecule has 2 rings (SSSR count). The molecule has 4 atom stereocenters. The molecule has 2 aliphatic heterocycles. The molecule has 2 heterocycles. The SMILES string of the molecule is CC/C=C(/C)[C@H](O)C[C@@H](C)/C=C1\CN2CCC[C@H]2[C@@](C)(O)C1. The van der Waals surface area contributed by atoms with Crippen LogP contribution in [0.5, 0.6) is 0 Å². The van der Waals surface area contributed by atoms with Gasteiger partial charge in [0.15, 0.2) is 0 Å². The van der Waals surface area contributed by atoms with Crippen LogP contribution in [0.25, 0.3) is 0 Å². The van der Waals surface area contributed by atoms with Crippen LogP contribution < -0.4 is 0 Å². The molecular weight excluding hydrogens is 274 g/mol. The van der Waals surface area contributed by atoms with E-state index in [2.05, 4.69) is 30.9 Å². The zero-order valence-corrected chi connectivity index (χ0v) is 14.7. The maximum absolute atomic E-state index is 10.7. The van der Waals surface area contributed by atoms with Crippen molar-refractivity contribution >= 4 is 0 Å². The molecule has 0 amide bonds. The fraction of sp³-hybridized carbons (Fsp3) is 0.789. The van der Waals surface area contributed by atoms with Crippen molar-refractivity contribution in [2.24, 2.45) is 5.92 Å². The zero-order valence-electron chi connectivity index (χ0n) is 14.7. The molecule has 0 aromatic rings. The second-order valence-corrected chi connectivity index (χ2v) is 7.57. The number of aliphatic hydroxyl groups excluding tert-OH is 1. The summed E-state index contributed by atoms with van der Waals surface area (Å²) in [5, 5.41) is 21.0. The predicted molar refractivity (Wildman–Crippen MR) is 91.8 cm³/mol. The van der Waals surface area contributed by atoms with E-state index < -0.39 is 5.60 Å². The number of rotatable bonds is 5. The largest absolute Gasteiger partial charge is 0.389 e. The van der Waals surface area contributed by atoms with E-state index in [9.17, 15) is 10.2 Å². The van der Waals surface area contributed by atoms with Crippen molar-refractivity contribution < 1.29 is 10.2 Å². The van der Waals surface area contributed by atoms with Crippen molar-refractivity contribution in [2.75, 3.05) is 13.1 Å². The summed E-state index contributed by atoms with van der Waals surface area (Å²) < 4.78 is 0. The van der Waals surface area contributed by atoms with Gasteiger partial charge in [0, 0.05) is 12.6 Å². The fourth-order valence-corrected chi connectivity index (χ4v) is 4.19. The highest BCUT2D eigenvalue weighted by atomic mass is 16.3. The Morgan fingerprint density at radius 3 is 2.91 bits per heavy atom. The van der Waals surface area contributed by atoms with E-state index in [1.165, 1.54) is 12.0 Å². The highest BCUT2D eigenvalue weighted by molar-refractivity contribution is 5.18. The number of piperidine rings is 1. The van der Waals surface area contributed by atoms with Crippen LogP contribution in [0.2, 0.25) is 0 Å². The van der Waals surface area contributed by atoms with Crippen LogP contribution in [0.3, 0.4) is 0 Å². The number of allylic oxidation sites excluding steroid dienone is 2. The maximum atomic E-state index is 10.7. The molecule has 2 N–H and O–H groups in total. The van der Waals surface area contributed by atoms with Crippen molar-refractivity contribution in [3.05, 3.63) is 23.3 Å². The maximum Gasteiger partial charge on any atom is 0.0811 e. The Bertz CT molecular complexity index is 439. The average Bonchev–Trinajstić information content (AvgIpc) is 2.87. The Kier molecular flexibility index (Phi) is 5.87. The average molecular weight is 307 g/mol. The Morgan fingerprint density at radius 1 is 1.50 bits per heavy atom. The van der Waals surface area contributed by atoms with E-state index in [1.807, 2.05) is 13.8 Å². The molecule has 126 valence electrons. The first-order valence-electron chi connectivity index (χ1n) is 8.84. The first-order chi connectivity index (χ1) is 10.3. The molecule has 0 radical (unpaired) electrons. The van der Waals surface area contributed by atoms with Gasteiger partial charge in [0.25, 0.3) is 0 Å². The molecule has 2 fully saturated rings. The minimum atomic E-state index is -0.600. The van der Waals surface area contributed by atoms with Gasteiger partial charge in [0.2, 0.25) is 0 Å². The van der Waals surface area contributed by atoms with Gasteiger partial charge in [-0.25, -0.2) is 0 Å². The van der Waals surface area contributed by atoms with Gasteiger partial charge in [-0.05, 0) is 64.0 Å². The highest BCUT2D eigenvalue weighted by Crippen LogP contribution is 2.37. The molecule has 3 nitrogen and oxygen atoms in total. The molecule has 0 bridgehead atoms. The first kappa shape index (κ1) is 17.7. The summed E-state index contributed by atoms with van der Waals surface area (Å²) in [7, 11) is 0. The number of hydrogen-bond donors (Lipinski definition) is 2. The van der Waals surface area contributed by atoms with Gasteiger partial charge in [-0.15, -0.1) is 0 Å². The van der Waals surface area contributed by atoms with E-state index >= 15 is 0 Å². The Hall–Kier alpha value is -0.640. The van der Waals surface area contributed by atoms with Gasteiger partial charge in [0.05, 0.1) is 11.7 Å². The second-order valence-electron chi connectivity index (χ2n) is 7.57. The summed E-state index contributed by atoms with van der Waals surface area (Å²) in [5.74, 6) is 0.333. The molecule has 2 aliphatic rings. The van der Waals surface area contributed by atoms with Crippen molar-refractivity contribution in [3.8, 4) is 0 Å². The standard InChI is InChI=1S/C19H33NO2/c1-5-7-15(3)17(21)11-14(2)10-16-12-19(4,22)18-8-6-9-20(18)13-16/h7,10,14,17-18,21-22H,5-6,8-9,11-13H2,1-4H3/b15-7-,16-10-/t14-,17+,18-,19-/m0/s1. The smallest absolute Gasteiger partial charge is 0.0811 e. The zero-order chi connectivity index (χ0) is 16.3. The van der Waals surface area contributed by atoms with E-state index in [1.54, 1.807) is 0 Å². The lowest BCUT2D eigenvalue weighted by atomic mass is 9.82. The van der Waals surface area contributed by atoms with Crippen LogP contribution >= 0.6 is 0 Å². The van der Waals surface area contributed by atoms with Gasteiger partial charge < -0.3 is 10.2 Å². The molecule has 0 aliphatic carbocycles. The topological polar surface area (TPSA) is 43.7 Å². The quantitative estimate of drug-likeness (QED) is 0.766. The van der Waals surface area contributed by atoms with Crippen LogP contribution in [-0.4, -0.2) is 45.9 Å². The normalized spacial score (nSPS) is 34.7. The predicted octanol–water partition coefficient (Wildman–Crippen LogP) is 3.28. The lowest BCUT2D eigenvalue weighted by Crippen LogP contribution is -2.52. The Morgan fingerprint density at radius 2 is 2.23 bits per heavy atom. The van der Waals surface area contributed by atoms with E-state index in [0.29, 0.717) is 12.0 Å². The molecule has 0 spiro atoms. The van der Waals surface area contributed by atoms with Crippen LogP contribution in [0, 0.1) is 5.92 Å². The van der Waals surface area contributed by atoms with Gasteiger partial charge in [0.1, 0.15) is 0 Å². The third-order valence-electron chi connectivity index (χ3n) is 5.24. The minimum Gasteiger partial charge on any atom is -0.389 e. The molecule has 0 saturated carbocycles. The van der Waals surface area contributed by atoms with Crippen molar-refractivity contribution in [1.29, 1.82) is 0 Å². The molecule has 0 aromatic carbocycles. The molecule has 3 heteroatoms. The van der Waals surface area contributed by atoms with Crippen LogP contribution in [0.15, 0.2) is 23.3 Å². The lowest BCUT2D eigenvalue weighted by Gasteiger charge is -2.43. The third kappa shape index (κ3) is 4.21. The molecule has 22 heavy (non-hydrogen) atoms. The summed E-state index contributed by atoms with van der Waals surface area (Å²) in [6, 6.07) is 0.334. The van der Waals surface area contributed by atoms with E-state index in [4.69, 9.17) is 0 Å². The molecule has 0 aromatic heterocycles. The fourth-order valence-electron chi connectivity index (χ4n) is 4.19. The van der Waals surface area contributed by atoms with Crippen molar-refractivity contribution in [1.82, 2.24) is 4.90 Å². The van der Waals surface area contributed by atoms with Crippen molar-refractivity contribution in [3.63, 3.8) is 0 Å².